The average Bonchev–Trinajstić information content (AvgIpc) is 3.23. The molecular weight excluding hydrogens is 924 g/mol. The SMILES string of the molecule is FC(F)(F)Oc1c[n+](Cc2ccccc2)ccn1.Fc1c(F)c(F)c([B-](c2c(F)c(F)c(F)c(F)c2F)(c2c(F)c(F)c(F)c(F)c2F)c2c(F)c(F)c(F)c(F)c2F)c(F)c1F. The molecule has 5 aromatic carbocycles. The maximum Gasteiger partial charge on any atom is 0.574 e. The lowest BCUT2D eigenvalue weighted by molar-refractivity contribution is -0.689. The Morgan fingerprint density at radius 3 is 0.952 bits per heavy atom. The van der Waals surface area contributed by atoms with Crippen LogP contribution in [-0.4, -0.2) is 17.5 Å². The molecule has 0 amide bonds. The van der Waals surface area contributed by atoms with Gasteiger partial charge in [-0.1, -0.05) is 30.3 Å². The zero-order valence-corrected chi connectivity index (χ0v) is 29.4. The molecule has 0 saturated carbocycles. The number of rotatable bonds is 7. The fourth-order valence-electron chi connectivity index (χ4n) is 6.35. The summed E-state index contributed by atoms with van der Waals surface area (Å²) in [4.78, 5) is 3.50. The summed E-state index contributed by atoms with van der Waals surface area (Å²) < 4.78 is 335. The van der Waals surface area contributed by atoms with Crippen molar-refractivity contribution in [3.8, 4) is 5.88 Å². The predicted molar refractivity (Wildman–Crippen MR) is 166 cm³/mol. The molecule has 0 spiro atoms. The van der Waals surface area contributed by atoms with E-state index in [1.165, 1.54) is 12.4 Å². The Hall–Kier alpha value is -6.57. The van der Waals surface area contributed by atoms with Crippen LogP contribution in [0.4, 0.5) is 101 Å². The Morgan fingerprint density at radius 2 is 0.683 bits per heavy atom. The lowest BCUT2D eigenvalue weighted by atomic mass is 9.12. The Bertz CT molecular complexity index is 2400. The highest BCUT2D eigenvalue weighted by atomic mass is 19.4. The van der Waals surface area contributed by atoms with Crippen LogP contribution < -0.4 is 31.2 Å². The highest BCUT2D eigenvalue weighted by Crippen LogP contribution is 2.31. The van der Waals surface area contributed by atoms with Crippen LogP contribution in [0.5, 0.6) is 5.88 Å². The van der Waals surface area contributed by atoms with Gasteiger partial charge in [0.15, 0.2) is 82.5 Å². The number of benzene rings is 5. The van der Waals surface area contributed by atoms with E-state index >= 15 is 35.1 Å². The minimum atomic E-state index is -7.22. The van der Waals surface area contributed by atoms with E-state index in [-0.39, 0.29) is 0 Å². The zero-order chi connectivity index (χ0) is 47.4. The highest BCUT2D eigenvalue weighted by Gasteiger charge is 2.52. The number of halogens is 23. The second-order valence-electron chi connectivity index (χ2n) is 12.4. The van der Waals surface area contributed by atoms with Gasteiger partial charge in [-0.3, -0.25) is 0 Å². The first-order chi connectivity index (χ1) is 29.2. The molecule has 27 heteroatoms. The van der Waals surface area contributed by atoms with Gasteiger partial charge in [-0.25, -0.2) is 92.8 Å². The molecule has 0 bridgehead atoms. The van der Waals surface area contributed by atoms with E-state index in [1.54, 1.807) is 10.8 Å². The second-order valence-corrected chi connectivity index (χ2v) is 12.4. The molecule has 6 aromatic rings. The fourth-order valence-corrected chi connectivity index (χ4v) is 6.35. The lowest BCUT2D eigenvalue weighted by Crippen LogP contribution is -2.81. The third-order valence-corrected chi connectivity index (χ3v) is 8.87. The second kappa shape index (κ2) is 17.3. The van der Waals surface area contributed by atoms with Crippen molar-refractivity contribution in [3.63, 3.8) is 0 Å². The molecule has 0 aliphatic rings. The van der Waals surface area contributed by atoms with Crippen molar-refractivity contribution >= 4 is 28.0 Å². The fraction of sp³-hybridized carbons (Fsp3) is 0.0556. The molecule has 0 aliphatic heterocycles. The van der Waals surface area contributed by atoms with Gasteiger partial charge in [-0.2, -0.15) is 4.57 Å². The summed E-state index contributed by atoms with van der Waals surface area (Å²) in [6.07, 6.45) is -7.88. The minimum Gasteiger partial charge on any atom is -0.382 e. The molecule has 3 nitrogen and oxygen atoms in total. The number of ether oxygens (including phenoxy) is 1. The van der Waals surface area contributed by atoms with E-state index in [4.69, 9.17) is 0 Å². The van der Waals surface area contributed by atoms with E-state index < -0.39 is 157 Å². The van der Waals surface area contributed by atoms with Crippen molar-refractivity contribution in [3.05, 3.63) is 171 Å². The van der Waals surface area contributed by atoms with Gasteiger partial charge in [0.05, 0.1) is 6.20 Å². The van der Waals surface area contributed by atoms with Gasteiger partial charge >= 0.3 is 6.36 Å². The van der Waals surface area contributed by atoms with Gasteiger partial charge in [-0.15, -0.1) is 35.0 Å². The van der Waals surface area contributed by atoms with Gasteiger partial charge in [0.2, 0.25) is 6.20 Å². The van der Waals surface area contributed by atoms with Gasteiger partial charge < -0.3 is 4.74 Å². The first-order valence-corrected chi connectivity index (χ1v) is 16.1. The van der Waals surface area contributed by atoms with Crippen LogP contribution in [0.25, 0.3) is 0 Å². The predicted octanol–water partition coefficient (Wildman–Crippen LogP) is 8.16. The smallest absolute Gasteiger partial charge is 0.382 e. The van der Waals surface area contributed by atoms with Crippen molar-refractivity contribution in [2.75, 3.05) is 0 Å². The van der Waals surface area contributed by atoms with Gasteiger partial charge in [0.1, 0.15) is 52.7 Å². The molecule has 334 valence electrons. The molecule has 0 aliphatic carbocycles. The Labute approximate surface area is 333 Å². The van der Waals surface area contributed by atoms with E-state index in [0.29, 0.717) is 6.54 Å². The van der Waals surface area contributed by atoms with Crippen molar-refractivity contribution in [1.29, 1.82) is 0 Å². The van der Waals surface area contributed by atoms with E-state index in [9.17, 15) is 65.9 Å². The van der Waals surface area contributed by atoms with Crippen LogP contribution in [-0.2, 0) is 6.54 Å². The first-order valence-electron chi connectivity index (χ1n) is 16.1. The number of nitrogens with zero attached hydrogens (tertiary/aromatic N) is 2. The quantitative estimate of drug-likeness (QED) is 0.0532. The summed E-state index contributed by atoms with van der Waals surface area (Å²) in [7, 11) is 0. The molecule has 6 rings (SSSR count). The number of aromatic nitrogens is 2. The van der Waals surface area contributed by atoms with Crippen molar-refractivity contribution in [2.45, 2.75) is 12.9 Å². The molecule has 0 atom stereocenters. The maximum absolute atomic E-state index is 15.4. The van der Waals surface area contributed by atoms with Crippen LogP contribution >= 0.6 is 0 Å². The summed E-state index contributed by atoms with van der Waals surface area (Å²) in [6.45, 7) is 0.456. The number of alkyl halides is 3. The van der Waals surface area contributed by atoms with Crippen LogP contribution in [0.1, 0.15) is 5.56 Å². The summed E-state index contributed by atoms with van der Waals surface area (Å²) in [6, 6.07) is 9.38. The number of hydrogen-bond donors (Lipinski definition) is 0. The molecule has 0 N–H and O–H groups in total. The Balaban J connectivity index is 0.000000345. The van der Waals surface area contributed by atoms with Crippen molar-refractivity contribution < 1.29 is 110 Å². The van der Waals surface area contributed by atoms with E-state index in [1.807, 2.05) is 30.3 Å². The summed E-state index contributed by atoms with van der Waals surface area (Å²) in [5.41, 5.74) is -13.4. The van der Waals surface area contributed by atoms with Crippen molar-refractivity contribution in [1.82, 2.24) is 4.98 Å². The lowest BCUT2D eigenvalue weighted by Gasteiger charge is -2.44. The monoisotopic (exact) mass is 934 g/mol. The third kappa shape index (κ3) is 8.03. The highest BCUT2D eigenvalue weighted by molar-refractivity contribution is 7.20. The van der Waals surface area contributed by atoms with Crippen LogP contribution in [0, 0.1) is 116 Å². The van der Waals surface area contributed by atoms with Crippen LogP contribution in [0.2, 0.25) is 0 Å². The molecule has 1 heterocycles. The molecule has 0 saturated heterocycles. The van der Waals surface area contributed by atoms with E-state index in [0.717, 1.165) is 5.56 Å². The topological polar surface area (TPSA) is 26.0 Å². The standard InChI is InChI=1S/C24BF20.C12H10F3N2O/c26-5-1(6(27)14(35)21(42)13(5)34)25(2-7(28)15(36)22(43)16(37)8(2)29,3-9(30)17(38)23(44)18(39)10(3)31)4-11(32)19(40)24(45)20(41)12(4)33;13-12(14,15)18-11-9-17(7-6-16-11)8-10-4-2-1-3-5-10/h;1-7,9H,8H2/q-1;+1. The molecule has 1 aromatic heterocycles. The summed E-state index contributed by atoms with van der Waals surface area (Å²) in [5.74, 6) is -71.9. The molecular formula is C36H10BF23N2O. The van der Waals surface area contributed by atoms with Gasteiger partial charge in [0, 0.05) is 5.56 Å². The Morgan fingerprint density at radius 1 is 0.413 bits per heavy atom. The van der Waals surface area contributed by atoms with Gasteiger partial charge in [-0.05, 0) is 0 Å². The minimum absolute atomic E-state index is 0.456. The zero-order valence-electron chi connectivity index (χ0n) is 29.4. The van der Waals surface area contributed by atoms with Crippen molar-refractivity contribution in [2.24, 2.45) is 0 Å². The van der Waals surface area contributed by atoms with Crippen LogP contribution in [0.3, 0.4) is 0 Å². The van der Waals surface area contributed by atoms with Crippen LogP contribution in [0.15, 0.2) is 48.9 Å². The summed E-state index contributed by atoms with van der Waals surface area (Å²) >= 11 is 0. The molecule has 0 unspecified atom stereocenters. The molecule has 0 radical (unpaired) electrons. The Kier molecular flexibility index (Phi) is 13.0. The normalized spacial score (nSPS) is 11.8. The summed E-state index contributed by atoms with van der Waals surface area (Å²) in [5, 5.41) is 0. The van der Waals surface area contributed by atoms with Gasteiger partial charge in [0.25, 0.3) is 5.88 Å². The first kappa shape index (κ1) is 47.5. The average molecular weight is 934 g/mol. The molecule has 0 fully saturated rings. The third-order valence-electron chi connectivity index (χ3n) is 8.87. The molecule has 63 heavy (non-hydrogen) atoms. The maximum atomic E-state index is 15.4. The largest absolute Gasteiger partial charge is 0.574 e. The number of hydrogen-bond acceptors (Lipinski definition) is 2. The van der Waals surface area contributed by atoms with E-state index in [2.05, 4.69) is 9.72 Å².